The van der Waals surface area contributed by atoms with Crippen molar-refractivity contribution >= 4 is 17.8 Å². The predicted molar refractivity (Wildman–Crippen MR) is 134 cm³/mol. The first kappa shape index (κ1) is 22.7. The molecule has 0 saturated carbocycles. The molecular weight excluding hydrogens is 431 g/mol. The molecule has 4 nitrogen and oxygen atoms in total. The first-order valence-corrected chi connectivity index (χ1v) is 12.5. The Kier molecular flexibility index (Phi) is 6.86. The third-order valence-corrected chi connectivity index (χ3v) is 9.20. The van der Waals surface area contributed by atoms with Crippen LogP contribution in [0.5, 0.6) is 17.2 Å². The van der Waals surface area contributed by atoms with Gasteiger partial charge in [0, 0.05) is 22.7 Å². The van der Waals surface area contributed by atoms with Crippen LogP contribution in [0.4, 0.5) is 0 Å². The third kappa shape index (κ3) is 4.27. The van der Waals surface area contributed by atoms with Crippen LogP contribution in [0.25, 0.3) is 0 Å². The van der Waals surface area contributed by atoms with Crippen LogP contribution in [0.15, 0.2) is 103 Å². The molecule has 0 bridgehead atoms. The van der Waals surface area contributed by atoms with Crippen molar-refractivity contribution in [1.29, 1.82) is 0 Å². The van der Waals surface area contributed by atoms with E-state index in [-0.39, 0.29) is 0 Å². The zero-order valence-electron chi connectivity index (χ0n) is 19.0. The van der Waals surface area contributed by atoms with Crippen LogP contribution in [-0.4, -0.2) is 21.3 Å². The molecule has 0 heterocycles. The van der Waals surface area contributed by atoms with E-state index in [0.717, 1.165) is 21.7 Å². The minimum Gasteiger partial charge on any atom is -0.496 e. The molecule has 1 atom stereocenters. The number of ether oxygens (including phenoxy) is 3. The van der Waals surface area contributed by atoms with Gasteiger partial charge in [0.1, 0.15) is 17.2 Å². The molecule has 4 aromatic rings. The van der Waals surface area contributed by atoms with Crippen LogP contribution in [-0.2, 0) is 4.57 Å². The van der Waals surface area contributed by atoms with Gasteiger partial charge in [-0.3, -0.25) is 0 Å². The third-order valence-electron chi connectivity index (χ3n) is 5.79. The Labute approximate surface area is 195 Å². The summed E-state index contributed by atoms with van der Waals surface area (Å²) in [6, 6.07) is 32.8. The molecule has 0 aliphatic rings. The summed E-state index contributed by atoms with van der Waals surface area (Å²) in [6.45, 7) is 0. The van der Waals surface area contributed by atoms with Gasteiger partial charge in [0.25, 0.3) is 0 Å². The SMILES string of the molecule is COc1cc(OC)c(C(c2ccccc2)P(=O)(c2ccccc2)c2ccccc2)c(OC)c1. The van der Waals surface area contributed by atoms with E-state index in [1.54, 1.807) is 21.3 Å². The maximum absolute atomic E-state index is 15.5. The average Bonchev–Trinajstić information content (AvgIpc) is 2.90. The van der Waals surface area contributed by atoms with Crippen LogP contribution in [0, 0.1) is 0 Å². The minimum absolute atomic E-state index is 0.542. The first-order valence-electron chi connectivity index (χ1n) is 10.7. The summed E-state index contributed by atoms with van der Waals surface area (Å²) in [6.07, 6.45) is 0. The summed E-state index contributed by atoms with van der Waals surface area (Å²) in [5.41, 5.74) is 1.10. The van der Waals surface area contributed by atoms with Gasteiger partial charge in [-0.05, 0) is 5.56 Å². The molecule has 4 aromatic carbocycles. The molecule has 0 aliphatic heterocycles. The van der Waals surface area contributed by atoms with Gasteiger partial charge in [-0.25, -0.2) is 0 Å². The second-order valence-electron chi connectivity index (χ2n) is 7.59. The number of hydrogen-bond donors (Lipinski definition) is 0. The average molecular weight is 458 g/mol. The molecule has 0 aromatic heterocycles. The summed E-state index contributed by atoms with van der Waals surface area (Å²) in [4.78, 5) is 0. The van der Waals surface area contributed by atoms with Gasteiger partial charge in [-0.2, -0.15) is 0 Å². The van der Waals surface area contributed by atoms with Gasteiger partial charge in [0.15, 0.2) is 7.14 Å². The van der Waals surface area contributed by atoms with Crippen molar-refractivity contribution in [1.82, 2.24) is 0 Å². The van der Waals surface area contributed by atoms with E-state index in [1.807, 2.05) is 103 Å². The van der Waals surface area contributed by atoms with Crippen molar-refractivity contribution in [2.24, 2.45) is 0 Å². The molecule has 33 heavy (non-hydrogen) atoms. The molecule has 0 aliphatic carbocycles. The van der Waals surface area contributed by atoms with E-state index in [9.17, 15) is 0 Å². The van der Waals surface area contributed by atoms with Crippen LogP contribution < -0.4 is 24.8 Å². The van der Waals surface area contributed by atoms with Gasteiger partial charge in [-0.1, -0.05) is 91.0 Å². The Bertz CT molecular complexity index is 1170. The molecule has 0 saturated heterocycles. The molecular formula is C28H27O4P. The lowest BCUT2D eigenvalue weighted by atomic mass is 10.0. The van der Waals surface area contributed by atoms with Crippen LogP contribution in [0.3, 0.4) is 0 Å². The van der Waals surface area contributed by atoms with Crippen LogP contribution >= 0.6 is 7.14 Å². The fourth-order valence-corrected chi connectivity index (χ4v) is 7.58. The Balaban J connectivity index is 2.12. The van der Waals surface area contributed by atoms with E-state index >= 15 is 4.57 Å². The molecule has 168 valence electrons. The van der Waals surface area contributed by atoms with Crippen molar-refractivity contribution in [3.05, 3.63) is 114 Å². The number of methoxy groups -OCH3 is 3. The number of rotatable bonds is 8. The monoisotopic (exact) mass is 458 g/mol. The highest BCUT2D eigenvalue weighted by Crippen LogP contribution is 2.63. The fourth-order valence-electron chi connectivity index (χ4n) is 4.24. The molecule has 0 N–H and O–H groups in total. The quantitative estimate of drug-likeness (QED) is 0.312. The molecule has 0 radical (unpaired) electrons. The first-order chi connectivity index (χ1) is 16.1. The highest BCUT2D eigenvalue weighted by atomic mass is 31.2. The molecule has 0 spiro atoms. The van der Waals surface area contributed by atoms with E-state index in [2.05, 4.69) is 0 Å². The lowest BCUT2D eigenvalue weighted by Gasteiger charge is -2.31. The zero-order valence-corrected chi connectivity index (χ0v) is 19.9. The second-order valence-corrected chi connectivity index (χ2v) is 10.5. The van der Waals surface area contributed by atoms with Gasteiger partial charge < -0.3 is 18.8 Å². The van der Waals surface area contributed by atoms with Gasteiger partial charge in [0.2, 0.25) is 0 Å². The molecule has 1 unspecified atom stereocenters. The molecule has 0 fully saturated rings. The zero-order chi connectivity index (χ0) is 23.3. The Morgan fingerprint density at radius 3 is 1.42 bits per heavy atom. The maximum atomic E-state index is 15.5. The molecule has 0 amide bonds. The van der Waals surface area contributed by atoms with E-state index in [1.165, 1.54) is 0 Å². The van der Waals surface area contributed by atoms with Gasteiger partial charge >= 0.3 is 0 Å². The summed E-state index contributed by atoms with van der Waals surface area (Å²) in [5, 5.41) is 1.54. The number of benzene rings is 4. The summed E-state index contributed by atoms with van der Waals surface area (Å²) >= 11 is 0. The Hall–Kier alpha value is -3.49. The largest absolute Gasteiger partial charge is 0.496 e. The molecule has 5 heteroatoms. The van der Waals surface area contributed by atoms with E-state index in [4.69, 9.17) is 14.2 Å². The highest BCUT2D eigenvalue weighted by Gasteiger charge is 2.42. The van der Waals surface area contributed by atoms with Crippen molar-refractivity contribution in [3.63, 3.8) is 0 Å². The Morgan fingerprint density at radius 2 is 1.03 bits per heavy atom. The topological polar surface area (TPSA) is 44.8 Å². The fraction of sp³-hybridized carbons (Fsp3) is 0.143. The van der Waals surface area contributed by atoms with Gasteiger partial charge in [0.05, 0.1) is 32.6 Å². The highest BCUT2D eigenvalue weighted by molar-refractivity contribution is 7.79. The summed E-state index contributed by atoms with van der Waals surface area (Å²) in [7, 11) is 1.53. The van der Waals surface area contributed by atoms with E-state index < -0.39 is 12.8 Å². The molecule has 4 rings (SSSR count). The normalized spacial score (nSPS) is 12.1. The Morgan fingerprint density at radius 1 is 0.606 bits per heavy atom. The van der Waals surface area contributed by atoms with Crippen molar-refractivity contribution in [2.75, 3.05) is 21.3 Å². The maximum Gasteiger partial charge on any atom is 0.154 e. The standard InChI is InChI=1S/C28H27O4P/c1-30-22-19-25(31-2)27(26(20-22)32-3)28(21-13-7-4-8-14-21)33(29,23-15-9-5-10-16-23)24-17-11-6-12-18-24/h4-20,28H,1-3H3. The van der Waals surface area contributed by atoms with Crippen LogP contribution in [0.1, 0.15) is 16.8 Å². The summed E-state index contributed by atoms with van der Waals surface area (Å²) < 4.78 is 32.6. The summed E-state index contributed by atoms with van der Waals surface area (Å²) in [5.74, 6) is 1.73. The lowest BCUT2D eigenvalue weighted by Crippen LogP contribution is -2.23. The second kappa shape index (κ2) is 9.97. The van der Waals surface area contributed by atoms with E-state index in [0.29, 0.717) is 17.2 Å². The van der Waals surface area contributed by atoms with Gasteiger partial charge in [-0.15, -0.1) is 0 Å². The lowest BCUT2D eigenvalue weighted by molar-refractivity contribution is 0.369. The van der Waals surface area contributed by atoms with Crippen molar-refractivity contribution in [3.8, 4) is 17.2 Å². The predicted octanol–water partition coefficient (Wildman–Crippen LogP) is 5.82. The van der Waals surface area contributed by atoms with Crippen molar-refractivity contribution in [2.45, 2.75) is 5.66 Å². The smallest absolute Gasteiger partial charge is 0.154 e. The minimum atomic E-state index is -3.28. The van der Waals surface area contributed by atoms with Crippen LogP contribution in [0.2, 0.25) is 0 Å². The van der Waals surface area contributed by atoms with Crippen molar-refractivity contribution < 1.29 is 18.8 Å². The number of hydrogen-bond acceptors (Lipinski definition) is 4.